The maximum atomic E-state index is 11.4. The highest BCUT2D eigenvalue weighted by Crippen LogP contribution is 2.18. The summed E-state index contributed by atoms with van der Waals surface area (Å²) >= 11 is 0. The topological polar surface area (TPSA) is 73.6 Å². The monoisotopic (exact) mass is 288 g/mol. The van der Waals surface area contributed by atoms with E-state index in [1.165, 1.54) is 19.3 Å². The zero-order valence-electron chi connectivity index (χ0n) is 13.5. The second-order valence-corrected chi connectivity index (χ2v) is 6.12. The molecule has 1 saturated carbocycles. The highest BCUT2D eigenvalue weighted by Gasteiger charge is 2.20. The molecular formula is C15H32N2O3. The molecule has 0 spiro atoms. The van der Waals surface area contributed by atoms with Gasteiger partial charge in [0.1, 0.15) is 5.60 Å². The first-order valence-corrected chi connectivity index (χ1v) is 7.57. The first-order valence-electron chi connectivity index (χ1n) is 7.57. The molecule has 120 valence electrons. The van der Waals surface area contributed by atoms with E-state index in [1.807, 2.05) is 20.8 Å². The van der Waals surface area contributed by atoms with Gasteiger partial charge in [0.2, 0.25) is 0 Å². The normalized spacial score (nSPS) is 16.1. The number of nitrogens with one attached hydrogen (secondary N) is 1. The summed E-state index contributed by atoms with van der Waals surface area (Å²) in [5.41, 5.74) is 4.74. The highest BCUT2D eigenvalue weighted by molar-refractivity contribution is 5.68. The number of nitrogens with two attached hydrogens (primary N) is 1. The molecule has 0 unspecified atom stereocenters. The van der Waals surface area contributed by atoms with Crippen molar-refractivity contribution in [3.05, 3.63) is 0 Å². The van der Waals surface area contributed by atoms with Crippen LogP contribution in [0.25, 0.3) is 0 Å². The molecule has 0 radical (unpaired) electrons. The molecule has 0 aromatic rings. The standard InChI is InChI=1S/C11H21NO2.C4H11NO/c1-11(2,3)14-10(13)12-9-7-5-4-6-8-9;1-6-4-2-3-5/h9H,4-8H2,1-3H3,(H,12,13);2-5H2,1H3. The van der Waals surface area contributed by atoms with Gasteiger partial charge in [0.25, 0.3) is 0 Å². The predicted molar refractivity (Wildman–Crippen MR) is 81.8 cm³/mol. The largest absolute Gasteiger partial charge is 0.444 e. The predicted octanol–water partition coefficient (Wildman–Crippen LogP) is 2.83. The summed E-state index contributed by atoms with van der Waals surface area (Å²) in [6.07, 6.45) is 6.63. The molecule has 0 heterocycles. The number of carbonyl (C=O) groups excluding carboxylic acids is 1. The third-order valence-electron chi connectivity index (χ3n) is 2.88. The molecule has 1 amide bonds. The van der Waals surface area contributed by atoms with Crippen molar-refractivity contribution in [3.63, 3.8) is 0 Å². The van der Waals surface area contributed by atoms with E-state index in [0.29, 0.717) is 6.04 Å². The first kappa shape index (κ1) is 19.2. The Kier molecular flexibility index (Phi) is 10.5. The summed E-state index contributed by atoms with van der Waals surface area (Å²) in [7, 11) is 1.68. The zero-order chi connectivity index (χ0) is 15.4. The minimum atomic E-state index is -0.390. The van der Waals surface area contributed by atoms with Crippen LogP contribution in [0.1, 0.15) is 59.3 Å². The molecule has 3 N–H and O–H groups in total. The smallest absolute Gasteiger partial charge is 0.407 e. The molecule has 1 fully saturated rings. The van der Waals surface area contributed by atoms with Crippen LogP contribution in [0.4, 0.5) is 4.79 Å². The molecule has 1 aliphatic carbocycles. The summed E-state index contributed by atoms with van der Waals surface area (Å²) in [4.78, 5) is 11.4. The molecule has 5 heteroatoms. The van der Waals surface area contributed by atoms with Crippen molar-refractivity contribution in [2.45, 2.75) is 70.9 Å². The van der Waals surface area contributed by atoms with Crippen molar-refractivity contribution >= 4 is 6.09 Å². The number of rotatable bonds is 4. The van der Waals surface area contributed by atoms with Gasteiger partial charge in [-0.2, -0.15) is 0 Å². The molecule has 5 nitrogen and oxygen atoms in total. The van der Waals surface area contributed by atoms with E-state index in [1.54, 1.807) is 7.11 Å². The summed E-state index contributed by atoms with van der Waals surface area (Å²) in [6.45, 7) is 7.17. The quantitative estimate of drug-likeness (QED) is 0.780. The molecule has 0 bridgehead atoms. The van der Waals surface area contributed by atoms with Crippen LogP contribution < -0.4 is 11.1 Å². The lowest BCUT2D eigenvalue weighted by Gasteiger charge is -2.25. The molecule has 1 aliphatic rings. The number of ether oxygens (including phenoxy) is 2. The van der Waals surface area contributed by atoms with Crippen molar-refractivity contribution in [1.82, 2.24) is 5.32 Å². The minimum Gasteiger partial charge on any atom is -0.444 e. The molecule has 0 aromatic heterocycles. The van der Waals surface area contributed by atoms with Crippen molar-refractivity contribution in [2.75, 3.05) is 20.3 Å². The highest BCUT2D eigenvalue weighted by atomic mass is 16.6. The summed E-state index contributed by atoms with van der Waals surface area (Å²) in [5, 5.41) is 2.91. The molecule has 0 saturated heterocycles. The van der Waals surface area contributed by atoms with Gasteiger partial charge in [0.15, 0.2) is 0 Å². The Morgan fingerprint density at radius 2 is 1.85 bits per heavy atom. The maximum absolute atomic E-state index is 11.4. The Bertz CT molecular complexity index is 242. The number of hydrogen-bond acceptors (Lipinski definition) is 4. The Balaban J connectivity index is 0.000000511. The lowest BCUT2D eigenvalue weighted by atomic mass is 9.96. The van der Waals surface area contributed by atoms with Gasteiger partial charge in [-0.1, -0.05) is 19.3 Å². The van der Waals surface area contributed by atoms with Gasteiger partial charge < -0.3 is 20.5 Å². The van der Waals surface area contributed by atoms with E-state index < -0.39 is 5.60 Å². The van der Waals surface area contributed by atoms with Crippen molar-refractivity contribution in [2.24, 2.45) is 5.73 Å². The van der Waals surface area contributed by atoms with Crippen LogP contribution in [-0.4, -0.2) is 38.0 Å². The van der Waals surface area contributed by atoms with Gasteiger partial charge in [-0.25, -0.2) is 4.79 Å². The number of amides is 1. The van der Waals surface area contributed by atoms with Gasteiger partial charge in [-0.05, 0) is 46.6 Å². The van der Waals surface area contributed by atoms with Crippen LogP contribution in [0.2, 0.25) is 0 Å². The van der Waals surface area contributed by atoms with Crippen molar-refractivity contribution < 1.29 is 14.3 Å². The van der Waals surface area contributed by atoms with E-state index in [0.717, 1.165) is 32.4 Å². The average Bonchev–Trinajstić information content (AvgIpc) is 2.36. The fourth-order valence-corrected chi connectivity index (χ4v) is 1.95. The Morgan fingerprint density at radius 1 is 1.25 bits per heavy atom. The van der Waals surface area contributed by atoms with Gasteiger partial charge in [-0.3, -0.25) is 0 Å². The molecule has 0 aromatic carbocycles. The lowest BCUT2D eigenvalue weighted by molar-refractivity contribution is 0.0493. The molecule has 0 atom stereocenters. The SMILES string of the molecule is CC(C)(C)OC(=O)NC1CCCCC1.COCCCN. The van der Waals surface area contributed by atoms with E-state index in [-0.39, 0.29) is 6.09 Å². The average molecular weight is 288 g/mol. The van der Waals surface area contributed by atoms with Crippen molar-refractivity contribution in [1.29, 1.82) is 0 Å². The third-order valence-corrected chi connectivity index (χ3v) is 2.88. The van der Waals surface area contributed by atoms with Crippen LogP contribution in [0, 0.1) is 0 Å². The Hall–Kier alpha value is -0.810. The second kappa shape index (κ2) is 10.9. The first-order chi connectivity index (χ1) is 9.39. The second-order valence-electron chi connectivity index (χ2n) is 6.12. The van der Waals surface area contributed by atoms with Crippen molar-refractivity contribution in [3.8, 4) is 0 Å². The third kappa shape index (κ3) is 12.2. The van der Waals surface area contributed by atoms with Crippen LogP contribution in [0.3, 0.4) is 0 Å². The number of carbonyl (C=O) groups is 1. The molecular weight excluding hydrogens is 256 g/mol. The number of hydrogen-bond donors (Lipinski definition) is 2. The zero-order valence-corrected chi connectivity index (χ0v) is 13.5. The van der Waals surface area contributed by atoms with E-state index in [4.69, 9.17) is 15.2 Å². The fraction of sp³-hybridized carbons (Fsp3) is 0.933. The fourth-order valence-electron chi connectivity index (χ4n) is 1.95. The summed E-state index contributed by atoms with van der Waals surface area (Å²) in [5.74, 6) is 0. The Morgan fingerprint density at radius 3 is 2.25 bits per heavy atom. The molecule has 1 rings (SSSR count). The number of alkyl carbamates (subject to hydrolysis) is 1. The van der Waals surface area contributed by atoms with Crippen LogP contribution in [-0.2, 0) is 9.47 Å². The Labute approximate surface area is 123 Å². The van der Waals surface area contributed by atoms with Gasteiger partial charge >= 0.3 is 6.09 Å². The van der Waals surface area contributed by atoms with Gasteiger partial charge in [0.05, 0.1) is 0 Å². The maximum Gasteiger partial charge on any atom is 0.407 e. The minimum absolute atomic E-state index is 0.274. The lowest BCUT2D eigenvalue weighted by Crippen LogP contribution is -2.39. The summed E-state index contributed by atoms with van der Waals surface area (Å²) in [6, 6.07) is 0.332. The molecule has 20 heavy (non-hydrogen) atoms. The van der Waals surface area contributed by atoms with Gasteiger partial charge in [0, 0.05) is 19.8 Å². The van der Waals surface area contributed by atoms with Crippen LogP contribution >= 0.6 is 0 Å². The van der Waals surface area contributed by atoms with Crippen LogP contribution in [0.15, 0.2) is 0 Å². The number of methoxy groups -OCH3 is 1. The van der Waals surface area contributed by atoms with E-state index >= 15 is 0 Å². The van der Waals surface area contributed by atoms with Gasteiger partial charge in [-0.15, -0.1) is 0 Å². The summed E-state index contributed by atoms with van der Waals surface area (Å²) < 4.78 is 9.89. The van der Waals surface area contributed by atoms with E-state index in [2.05, 4.69) is 5.32 Å². The van der Waals surface area contributed by atoms with E-state index in [9.17, 15) is 4.79 Å². The van der Waals surface area contributed by atoms with Crippen LogP contribution in [0.5, 0.6) is 0 Å². The molecule has 0 aliphatic heterocycles.